The summed E-state index contributed by atoms with van der Waals surface area (Å²) in [6, 6.07) is 14.5. The van der Waals surface area contributed by atoms with Gasteiger partial charge in [0.1, 0.15) is 18.1 Å². The van der Waals surface area contributed by atoms with Gasteiger partial charge in [0.25, 0.3) is 5.69 Å². The summed E-state index contributed by atoms with van der Waals surface area (Å²) in [6.45, 7) is 0.00289. The minimum absolute atomic E-state index is 0.126. The third-order valence-electron chi connectivity index (χ3n) is 8.75. The molecule has 0 radical (unpaired) electrons. The Morgan fingerprint density at radius 1 is 1.18 bits per heavy atom. The van der Waals surface area contributed by atoms with Crippen molar-refractivity contribution in [2.45, 2.75) is 38.3 Å². The number of rotatable bonds is 10. The van der Waals surface area contributed by atoms with Gasteiger partial charge in [-0.15, -0.1) is 0 Å². The van der Waals surface area contributed by atoms with Crippen molar-refractivity contribution in [2.24, 2.45) is 17.8 Å². The molecule has 13 heteroatoms. The molecule has 4 heterocycles. The first-order valence-electron chi connectivity index (χ1n) is 14.8. The lowest BCUT2D eigenvalue weighted by atomic mass is 9.58. The Hall–Kier alpha value is -4.43. The molecule has 1 aromatic carbocycles. The van der Waals surface area contributed by atoms with E-state index in [4.69, 9.17) is 13.8 Å². The van der Waals surface area contributed by atoms with E-state index in [1.807, 2.05) is 24.3 Å². The molecule has 0 unspecified atom stereocenters. The van der Waals surface area contributed by atoms with Crippen molar-refractivity contribution in [1.82, 2.24) is 4.98 Å². The Morgan fingerprint density at radius 2 is 2.02 bits per heavy atom. The highest BCUT2D eigenvalue weighted by atomic mass is 16.6. The number of allylic oxidation sites excluding steroid dienone is 1. The number of aliphatic hydroxyl groups excluding tert-OH is 1. The lowest BCUT2D eigenvalue weighted by Gasteiger charge is -2.43. The van der Waals surface area contributed by atoms with Crippen LogP contribution in [0.25, 0.3) is 11.6 Å². The van der Waals surface area contributed by atoms with Gasteiger partial charge in [-0.05, 0) is 84.6 Å². The number of methoxy groups -OCH3 is 1. The first-order valence-corrected chi connectivity index (χ1v) is 14.8. The molecule has 2 aliphatic heterocycles. The van der Waals surface area contributed by atoms with E-state index in [1.165, 1.54) is 24.3 Å². The summed E-state index contributed by atoms with van der Waals surface area (Å²) < 4.78 is 17.4. The number of non-ortho nitro benzene ring substituents is 1. The topological polar surface area (TPSA) is 165 Å². The van der Waals surface area contributed by atoms with Crippen LogP contribution in [0, 0.1) is 27.9 Å². The van der Waals surface area contributed by atoms with Gasteiger partial charge in [0.2, 0.25) is 11.8 Å². The van der Waals surface area contributed by atoms with Gasteiger partial charge in [0.05, 0.1) is 40.9 Å². The molecule has 2 saturated heterocycles. The Kier molecular flexibility index (Phi) is 8.77. The number of aliphatic hydroxyl groups is 1. The van der Waals surface area contributed by atoms with Crippen LogP contribution < -0.4 is 4.90 Å². The van der Waals surface area contributed by atoms with Crippen molar-refractivity contribution in [3.05, 3.63) is 99.3 Å². The molecule has 2 aromatic heterocycles. The molecule has 0 bridgehead atoms. The summed E-state index contributed by atoms with van der Waals surface area (Å²) in [5, 5.41) is 31.8. The van der Waals surface area contributed by atoms with Crippen LogP contribution in [-0.2, 0) is 25.6 Å². The van der Waals surface area contributed by atoms with Gasteiger partial charge in [0, 0.05) is 25.4 Å². The Morgan fingerprint density at radius 3 is 2.73 bits per heavy atom. The maximum absolute atomic E-state index is 14.0. The average molecular weight is 613 g/mol. The predicted molar refractivity (Wildman–Crippen MR) is 163 cm³/mol. The van der Waals surface area contributed by atoms with Crippen molar-refractivity contribution in [3.63, 3.8) is 0 Å². The standard InChI is InChI=1S/C32H32BN3O9/c1-43-18-20-14-25-30(32(39)35(31(25)38)21-5-4-6-22(15-21)36(41)42)26-16-33(40)45-28(29(20)26)11-8-19(27-7-2-3-12-34-27)13-23-9-10-24(17-37)44-23/h2-7,9-10,12-13,15,25-26,28,30,37,40H,8,11,14,16-18H2,1H3/b19-13-/t25-,26+,28-,30-/m1/s1. The summed E-state index contributed by atoms with van der Waals surface area (Å²) >= 11 is 0. The zero-order valence-corrected chi connectivity index (χ0v) is 24.6. The molecule has 2 amide bonds. The number of hydrogen-bond donors (Lipinski definition) is 2. The lowest BCUT2D eigenvalue weighted by Crippen LogP contribution is -2.46. The van der Waals surface area contributed by atoms with E-state index in [-0.39, 0.29) is 37.3 Å². The first-order chi connectivity index (χ1) is 21.8. The fourth-order valence-corrected chi connectivity index (χ4v) is 6.91. The highest BCUT2D eigenvalue weighted by Crippen LogP contribution is 2.51. The number of carbonyl (C=O) groups is 2. The monoisotopic (exact) mass is 613 g/mol. The molecule has 6 rings (SSSR count). The molecule has 3 aliphatic rings. The van der Waals surface area contributed by atoms with Crippen LogP contribution in [0.15, 0.2) is 76.4 Å². The molecule has 2 N–H and O–H groups in total. The quantitative estimate of drug-likeness (QED) is 0.112. The highest BCUT2D eigenvalue weighted by molar-refractivity contribution is 6.43. The number of carbonyl (C=O) groups excluding carboxylic acids is 2. The number of furan rings is 1. The number of aromatic nitrogens is 1. The van der Waals surface area contributed by atoms with Crippen LogP contribution in [0.5, 0.6) is 0 Å². The lowest BCUT2D eigenvalue weighted by molar-refractivity contribution is -0.384. The molecular formula is C32H32BN3O9. The van der Waals surface area contributed by atoms with Crippen LogP contribution in [-0.4, -0.2) is 58.8 Å². The van der Waals surface area contributed by atoms with Crippen LogP contribution in [0.3, 0.4) is 0 Å². The molecule has 0 saturated carbocycles. The fourth-order valence-electron chi connectivity index (χ4n) is 6.91. The third-order valence-corrected chi connectivity index (χ3v) is 8.75. The minimum Gasteiger partial charge on any atom is -0.459 e. The van der Waals surface area contributed by atoms with Gasteiger partial charge < -0.3 is 23.9 Å². The summed E-state index contributed by atoms with van der Waals surface area (Å²) in [7, 11) is 0.394. The summed E-state index contributed by atoms with van der Waals surface area (Å²) in [5.41, 5.74) is 3.21. The molecular weight excluding hydrogens is 581 g/mol. The number of fused-ring (bicyclic) bond motifs is 3. The Balaban J connectivity index is 1.32. The average Bonchev–Trinajstić information content (AvgIpc) is 3.60. The molecule has 1 aliphatic carbocycles. The number of anilines is 1. The molecule has 12 nitrogen and oxygen atoms in total. The highest BCUT2D eigenvalue weighted by Gasteiger charge is 2.57. The number of ether oxygens (including phenoxy) is 1. The van der Waals surface area contributed by atoms with Crippen molar-refractivity contribution in [2.75, 3.05) is 18.6 Å². The molecule has 2 fully saturated rings. The molecule has 3 aromatic rings. The number of amides is 2. The summed E-state index contributed by atoms with van der Waals surface area (Å²) in [6.07, 6.45) is 4.28. The van der Waals surface area contributed by atoms with Crippen molar-refractivity contribution >= 4 is 42.0 Å². The maximum Gasteiger partial charge on any atom is 0.455 e. The van der Waals surface area contributed by atoms with Crippen molar-refractivity contribution in [1.29, 1.82) is 0 Å². The third kappa shape index (κ3) is 5.99. The van der Waals surface area contributed by atoms with Gasteiger partial charge in [-0.3, -0.25) is 24.7 Å². The maximum atomic E-state index is 14.0. The van der Waals surface area contributed by atoms with Gasteiger partial charge >= 0.3 is 7.12 Å². The zero-order valence-electron chi connectivity index (χ0n) is 24.6. The predicted octanol–water partition coefficient (Wildman–Crippen LogP) is 4.04. The number of imide groups is 1. The van der Waals surface area contributed by atoms with E-state index < -0.39 is 47.7 Å². The van der Waals surface area contributed by atoms with Crippen LogP contribution in [0.2, 0.25) is 6.32 Å². The molecule has 232 valence electrons. The second kappa shape index (κ2) is 12.9. The smallest absolute Gasteiger partial charge is 0.455 e. The molecule has 0 spiro atoms. The summed E-state index contributed by atoms with van der Waals surface area (Å²) in [4.78, 5) is 44.1. The van der Waals surface area contributed by atoms with E-state index in [0.717, 1.165) is 27.3 Å². The van der Waals surface area contributed by atoms with E-state index in [1.54, 1.807) is 25.4 Å². The van der Waals surface area contributed by atoms with E-state index in [2.05, 4.69) is 4.98 Å². The number of nitro groups is 1. The second-order valence-corrected chi connectivity index (χ2v) is 11.4. The first kappa shape index (κ1) is 30.6. The number of hydrogen-bond acceptors (Lipinski definition) is 10. The largest absolute Gasteiger partial charge is 0.459 e. The van der Waals surface area contributed by atoms with Gasteiger partial charge in [0.15, 0.2) is 0 Å². The van der Waals surface area contributed by atoms with E-state index in [0.29, 0.717) is 24.4 Å². The molecule has 45 heavy (non-hydrogen) atoms. The van der Waals surface area contributed by atoms with Crippen molar-refractivity contribution in [3.8, 4) is 0 Å². The minimum atomic E-state index is -1.17. The van der Waals surface area contributed by atoms with Gasteiger partial charge in [-0.1, -0.05) is 12.1 Å². The number of nitrogens with zero attached hydrogens (tertiary/aromatic N) is 3. The normalized spacial score (nSPS) is 23.4. The second-order valence-electron chi connectivity index (χ2n) is 11.4. The number of nitro benzene ring substituents is 1. The van der Waals surface area contributed by atoms with Gasteiger partial charge in [-0.25, -0.2) is 4.90 Å². The van der Waals surface area contributed by atoms with Crippen LogP contribution in [0.4, 0.5) is 11.4 Å². The summed E-state index contributed by atoms with van der Waals surface area (Å²) in [5.74, 6) is -1.80. The Labute approximate surface area is 259 Å². The van der Waals surface area contributed by atoms with Gasteiger partial charge in [-0.2, -0.15) is 0 Å². The Bertz CT molecular complexity index is 1670. The van der Waals surface area contributed by atoms with E-state index >= 15 is 0 Å². The number of pyridine rings is 1. The van der Waals surface area contributed by atoms with E-state index in [9.17, 15) is 29.8 Å². The van der Waals surface area contributed by atoms with Crippen LogP contribution >= 0.6 is 0 Å². The number of benzene rings is 1. The fraction of sp³-hybridized carbons (Fsp3) is 0.344. The van der Waals surface area contributed by atoms with Crippen molar-refractivity contribution < 1.29 is 38.5 Å². The molecule has 4 atom stereocenters. The van der Waals surface area contributed by atoms with Crippen LogP contribution in [0.1, 0.15) is 36.5 Å². The zero-order chi connectivity index (χ0) is 31.7. The SMILES string of the molecule is COCC1=C2[C@@H](CC/C(=C/c3ccc(CO)o3)c3ccccn3)OB(O)C[C@@H]2[C@@H]2C(=O)N(c3cccc([N+](=O)[O-])c3)C(=O)[C@@H]2C1.